The zero-order valence-electron chi connectivity index (χ0n) is 13.7. The number of nitrogens with zero attached hydrogens (tertiary/aromatic N) is 2. The predicted molar refractivity (Wildman–Crippen MR) is 94.9 cm³/mol. The van der Waals surface area contributed by atoms with Crippen LogP contribution in [0.1, 0.15) is 24.5 Å². The predicted octanol–water partition coefficient (Wildman–Crippen LogP) is 4.43. The Morgan fingerprint density at radius 3 is 2.56 bits per heavy atom. The van der Waals surface area contributed by atoms with Crippen molar-refractivity contribution in [2.75, 3.05) is 5.32 Å². The zero-order valence-corrected chi connectivity index (χ0v) is 14.4. The van der Waals surface area contributed by atoms with E-state index in [2.05, 4.69) is 15.5 Å². The van der Waals surface area contributed by atoms with E-state index >= 15 is 0 Å². The molecule has 3 rings (SSSR count). The number of nitrogens with one attached hydrogen (secondary N) is 1. The minimum Gasteiger partial charge on any atom is -0.489 e. The third-order valence-electron chi connectivity index (χ3n) is 3.21. The highest BCUT2D eigenvalue weighted by molar-refractivity contribution is 6.30. The van der Waals surface area contributed by atoms with Crippen molar-refractivity contribution in [3.05, 3.63) is 59.4 Å². The molecule has 0 saturated carbocycles. The molecule has 0 spiro atoms. The maximum absolute atomic E-state index is 12.4. The first-order valence-electron chi connectivity index (χ1n) is 7.69. The van der Waals surface area contributed by atoms with Gasteiger partial charge in [-0.25, -0.2) is 0 Å². The van der Waals surface area contributed by atoms with Crippen LogP contribution in [0.15, 0.2) is 52.9 Å². The second-order valence-electron chi connectivity index (χ2n) is 5.54. The Labute approximate surface area is 149 Å². The highest BCUT2D eigenvalue weighted by Gasteiger charge is 2.18. The molecule has 1 heterocycles. The van der Waals surface area contributed by atoms with Gasteiger partial charge in [-0.3, -0.25) is 4.79 Å². The van der Waals surface area contributed by atoms with Gasteiger partial charge in [-0.15, -0.1) is 10.2 Å². The molecular formula is C18H16ClN3O3. The summed E-state index contributed by atoms with van der Waals surface area (Å²) in [7, 11) is 0. The van der Waals surface area contributed by atoms with Gasteiger partial charge < -0.3 is 14.5 Å². The van der Waals surface area contributed by atoms with Crippen LogP contribution in [-0.4, -0.2) is 22.2 Å². The van der Waals surface area contributed by atoms with Gasteiger partial charge in [0.25, 0.3) is 0 Å². The van der Waals surface area contributed by atoms with Crippen molar-refractivity contribution < 1.29 is 13.9 Å². The summed E-state index contributed by atoms with van der Waals surface area (Å²) in [6.07, 6.45) is -0.0158. The number of hydrogen-bond donors (Lipinski definition) is 1. The molecule has 0 fully saturated rings. The summed E-state index contributed by atoms with van der Waals surface area (Å²) in [5.74, 6) is 0.175. The maximum Gasteiger partial charge on any atom is 0.313 e. The van der Waals surface area contributed by atoms with Crippen LogP contribution in [0.3, 0.4) is 0 Å². The Kier molecular flexibility index (Phi) is 5.00. The second kappa shape index (κ2) is 7.36. The average Bonchev–Trinajstić information content (AvgIpc) is 3.07. The van der Waals surface area contributed by atoms with Crippen molar-refractivity contribution in [3.63, 3.8) is 0 Å². The molecule has 25 heavy (non-hydrogen) atoms. The molecule has 0 aliphatic rings. The third kappa shape index (κ3) is 4.16. The molecule has 0 atom stereocenters. The van der Waals surface area contributed by atoms with Crippen LogP contribution >= 0.6 is 11.6 Å². The highest BCUT2D eigenvalue weighted by Crippen LogP contribution is 2.26. The summed E-state index contributed by atoms with van der Waals surface area (Å²) in [5.41, 5.74) is 1.21. The first-order chi connectivity index (χ1) is 12.0. The largest absolute Gasteiger partial charge is 0.489 e. The minimum absolute atomic E-state index is 0.0158. The molecule has 0 unspecified atom stereocenters. The quantitative estimate of drug-likeness (QED) is 0.730. The smallest absolute Gasteiger partial charge is 0.313 e. The van der Waals surface area contributed by atoms with Crippen LogP contribution in [0.2, 0.25) is 5.02 Å². The lowest BCUT2D eigenvalue weighted by Crippen LogP contribution is -2.14. The van der Waals surface area contributed by atoms with Gasteiger partial charge in [0.15, 0.2) is 0 Å². The number of rotatable bonds is 5. The van der Waals surface area contributed by atoms with Crippen molar-refractivity contribution in [2.45, 2.75) is 20.0 Å². The Hall–Kier alpha value is -2.86. The van der Waals surface area contributed by atoms with Crippen molar-refractivity contribution in [1.82, 2.24) is 10.2 Å². The summed E-state index contributed by atoms with van der Waals surface area (Å²) in [6.45, 7) is 3.82. The number of carbonyl (C=O) groups excluding carboxylic acids is 1. The Morgan fingerprint density at radius 2 is 1.84 bits per heavy atom. The van der Waals surface area contributed by atoms with Crippen LogP contribution in [-0.2, 0) is 0 Å². The molecule has 3 aromatic rings. The molecule has 0 aliphatic carbocycles. The van der Waals surface area contributed by atoms with Crippen LogP contribution in [0, 0.1) is 0 Å². The van der Waals surface area contributed by atoms with Crippen molar-refractivity contribution >= 4 is 23.2 Å². The first kappa shape index (κ1) is 17.0. The summed E-state index contributed by atoms with van der Waals surface area (Å²) in [4.78, 5) is 12.4. The topological polar surface area (TPSA) is 77.2 Å². The van der Waals surface area contributed by atoms with E-state index in [1.807, 2.05) is 19.9 Å². The van der Waals surface area contributed by atoms with Crippen molar-refractivity contribution in [2.24, 2.45) is 0 Å². The van der Waals surface area contributed by atoms with E-state index in [0.717, 1.165) is 0 Å². The maximum atomic E-state index is 12.4. The van der Waals surface area contributed by atoms with Crippen LogP contribution in [0.25, 0.3) is 11.5 Å². The van der Waals surface area contributed by atoms with E-state index in [1.54, 1.807) is 42.5 Å². The third-order valence-corrected chi connectivity index (χ3v) is 3.46. The van der Waals surface area contributed by atoms with Crippen LogP contribution in [0.5, 0.6) is 5.75 Å². The van der Waals surface area contributed by atoms with Gasteiger partial charge in [0.05, 0.1) is 11.8 Å². The number of carbonyl (C=O) groups is 1. The minimum atomic E-state index is -0.507. The van der Waals surface area contributed by atoms with E-state index in [-0.39, 0.29) is 17.9 Å². The van der Waals surface area contributed by atoms with Gasteiger partial charge in [-0.2, -0.15) is 0 Å². The summed E-state index contributed by atoms with van der Waals surface area (Å²) in [6, 6.07) is 14.1. The van der Waals surface area contributed by atoms with Gasteiger partial charge in [0, 0.05) is 10.6 Å². The van der Waals surface area contributed by atoms with Crippen LogP contribution < -0.4 is 10.1 Å². The molecule has 0 aliphatic heterocycles. The lowest BCUT2D eigenvalue weighted by atomic mass is 10.2. The molecule has 1 amide bonds. The molecular weight excluding hydrogens is 342 g/mol. The van der Waals surface area contributed by atoms with Crippen LogP contribution in [0.4, 0.5) is 5.69 Å². The molecule has 1 aromatic heterocycles. The SMILES string of the molecule is CC(C)Oc1ccccc1NC(=O)c1nnc(-c2ccc(Cl)cc2)o1. The monoisotopic (exact) mass is 357 g/mol. The van der Waals surface area contributed by atoms with Gasteiger partial charge in [0.2, 0.25) is 5.89 Å². The Bertz CT molecular complexity index is 875. The fourth-order valence-corrected chi connectivity index (χ4v) is 2.25. The van der Waals surface area contributed by atoms with E-state index in [1.165, 1.54) is 0 Å². The van der Waals surface area contributed by atoms with E-state index in [9.17, 15) is 4.79 Å². The summed E-state index contributed by atoms with van der Waals surface area (Å²) in [5, 5.41) is 11.0. The second-order valence-corrected chi connectivity index (χ2v) is 5.97. The number of hydrogen-bond acceptors (Lipinski definition) is 5. The number of ether oxygens (including phenoxy) is 1. The molecule has 7 heteroatoms. The average molecular weight is 358 g/mol. The zero-order chi connectivity index (χ0) is 17.8. The number of benzene rings is 2. The summed E-state index contributed by atoms with van der Waals surface area (Å²) >= 11 is 5.85. The van der Waals surface area contributed by atoms with E-state index < -0.39 is 5.91 Å². The molecule has 0 saturated heterocycles. The van der Waals surface area contributed by atoms with Gasteiger partial charge >= 0.3 is 11.8 Å². The number of aromatic nitrogens is 2. The molecule has 1 N–H and O–H groups in total. The Balaban J connectivity index is 1.78. The molecule has 6 nitrogen and oxygen atoms in total. The number of anilines is 1. The lowest BCUT2D eigenvalue weighted by Gasteiger charge is -2.13. The van der Waals surface area contributed by atoms with Crippen molar-refractivity contribution in [1.29, 1.82) is 0 Å². The number of para-hydroxylation sites is 2. The number of amides is 1. The molecule has 0 radical (unpaired) electrons. The highest BCUT2D eigenvalue weighted by atomic mass is 35.5. The molecule has 2 aromatic carbocycles. The first-order valence-corrected chi connectivity index (χ1v) is 8.07. The van der Waals surface area contributed by atoms with E-state index in [0.29, 0.717) is 22.0 Å². The fourth-order valence-electron chi connectivity index (χ4n) is 2.13. The fraction of sp³-hybridized carbons (Fsp3) is 0.167. The summed E-state index contributed by atoms with van der Waals surface area (Å²) < 4.78 is 11.1. The lowest BCUT2D eigenvalue weighted by molar-refractivity contribution is 0.0990. The van der Waals surface area contributed by atoms with Gasteiger partial charge in [-0.05, 0) is 50.2 Å². The van der Waals surface area contributed by atoms with Gasteiger partial charge in [0.1, 0.15) is 5.75 Å². The van der Waals surface area contributed by atoms with Gasteiger partial charge in [-0.1, -0.05) is 23.7 Å². The normalized spacial score (nSPS) is 10.7. The standard InChI is InChI=1S/C18H16ClN3O3/c1-11(2)24-15-6-4-3-5-14(15)20-16(23)18-22-21-17(25-18)12-7-9-13(19)10-8-12/h3-11H,1-2H3,(H,20,23). The van der Waals surface area contributed by atoms with Crippen molar-refractivity contribution in [3.8, 4) is 17.2 Å². The Morgan fingerprint density at radius 1 is 1.12 bits per heavy atom. The molecule has 0 bridgehead atoms. The number of halogens is 1. The van der Waals surface area contributed by atoms with E-state index in [4.69, 9.17) is 20.8 Å². The molecule has 128 valence electrons.